The van der Waals surface area contributed by atoms with Gasteiger partial charge in [-0.1, -0.05) is 49.6 Å². The van der Waals surface area contributed by atoms with Gasteiger partial charge in [0.2, 0.25) is 0 Å². The van der Waals surface area contributed by atoms with E-state index in [0.717, 1.165) is 48.7 Å². The van der Waals surface area contributed by atoms with Crippen molar-refractivity contribution in [1.82, 2.24) is 20.0 Å². The Labute approximate surface area is 205 Å². The second kappa shape index (κ2) is 9.70. The molecule has 1 aliphatic carbocycles. The largest absolute Gasteiger partial charge is 0.378 e. The molecule has 3 fully saturated rings. The second-order valence-electron chi connectivity index (χ2n) is 10.4. The third-order valence-corrected chi connectivity index (χ3v) is 8.03. The molecular formula is C28H33FN4O2. The minimum absolute atomic E-state index is 0.0771. The molecule has 3 heterocycles. The van der Waals surface area contributed by atoms with Crippen molar-refractivity contribution >= 4 is 16.8 Å². The minimum Gasteiger partial charge on any atom is -0.378 e. The molecule has 35 heavy (non-hydrogen) atoms. The van der Waals surface area contributed by atoms with Gasteiger partial charge in [0.05, 0.1) is 24.8 Å². The number of morpholine rings is 1. The standard InChI is InChI=1S/C28H33FN4O2/c29-20-12-10-19(11-13-20)16-32-23-14-21(15-24(32)18-35-17-23)30-28(34)27-25-8-4-5-9-26(25)33(31-27)22-6-2-1-3-7-22/h4-5,8-13,21-24H,1-3,6-7,14-18H2,(H,30,34). The molecule has 3 aromatic rings. The lowest BCUT2D eigenvalue weighted by atomic mass is 9.89. The van der Waals surface area contributed by atoms with Crippen LogP contribution in [0.25, 0.3) is 10.9 Å². The highest BCUT2D eigenvalue weighted by Gasteiger charge is 2.39. The zero-order valence-corrected chi connectivity index (χ0v) is 20.0. The van der Waals surface area contributed by atoms with Gasteiger partial charge in [-0.15, -0.1) is 0 Å². The number of piperidine rings is 1. The molecule has 1 N–H and O–H groups in total. The summed E-state index contributed by atoms with van der Waals surface area (Å²) in [4.78, 5) is 15.9. The number of nitrogens with zero attached hydrogens (tertiary/aromatic N) is 3. The smallest absolute Gasteiger partial charge is 0.272 e. The monoisotopic (exact) mass is 476 g/mol. The van der Waals surface area contributed by atoms with E-state index in [0.29, 0.717) is 24.9 Å². The van der Waals surface area contributed by atoms with E-state index in [9.17, 15) is 9.18 Å². The Balaban J connectivity index is 1.18. The Morgan fingerprint density at radius 2 is 1.69 bits per heavy atom. The molecule has 0 spiro atoms. The molecule has 2 atom stereocenters. The number of carbonyl (C=O) groups is 1. The zero-order chi connectivity index (χ0) is 23.8. The van der Waals surface area contributed by atoms with E-state index in [-0.39, 0.29) is 29.8 Å². The lowest BCUT2D eigenvalue weighted by Crippen LogP contribution is -2.60. The van der Waals surface area contributed by atoms with Crippen LogP contribution in [0.3, 0.4) is 0 Å². The van der Waals surface area contributed by atoms with Gasteiger partial charge in [-0.3, -0.25) is 14.4 Å². The number of para-hydroxylation sites is 1. The molecule has 7 heteroatoms. The molecule has 0 radical (unpaired) electrons. The van der Waals surface area contributed by atoms with Gasteiger partial charge >= 0.3 is 0 Å². The van der Waals surface area contributed by atoms with Crippen molar-refractivity contribution in [3.8, 4) is 0 Å². The highest BCUT2D eigenvalue weighted by Crippen LogP contribution is 2.33. The lowest BCUT2D eigenvalue weighted by Gasteiger charge is -2.48. The number of halogens is 1. The van der Waals surface area contributed by atoms with Crippen LogP contribution in [-0.2, 0) is 11.3 Å². The van der Waals surface area contributed by atoms with E-state index >= 15 is 0 Å². The average molecular weight is 477 g/mol. The first-order chi connectivity index (χ1) is 17.2. The number of ether oxygens (including phenoxy) is 1. The van der Waals surface area contributed by atoms with Crippen LogP contribution in [0.15, 0.2) is 48.5 Å². The van der Waals surface area contributed by atoms with Gasteiger partial charge in [-0.05, 0) is 49.4 Å². The third kappa shape index (κ3) is 4.59. The highest BCUT2D eigenvalue weighted by atomic mass is 19.1. The Morgan fingerprint density at radius 3 is 2.43 bits per heavy atom. The van der Waals surface area contributed by atoms with Crippen LogP contribution in [0.2, 0.25) is 0 Å². The molecule has 3 aliphatic rings. The molecule has 2 bridgehead atoms. The molecule has 6 rings (SSSR count). The first-order valence-corrected chi connectivity index (χ1v) is 13.0. The highest BCUT2D eigenvalue weighted by molar-refractivity contribution is 6.05. The van der Waals surface area contributed by atoms with E-state index in [1.165, 1.54) is 31.4 Å². The summed E-state index contributed by atoms with van der Waals surface area (Å²) in [6.07, 6.45) is 7.67. The third-order valence-electron chi connectivity index (χ3n) is 8.03. The molecule has 1 aromatic heterocycles. The summed E-state index contributed by atoms with van der Waals surface area (Å²) >= 11 is 0. The van der Waals surface area contributed by atoms with Gasteiger partial charge < -0.3 is 10.1 Å². The van der Waals surface area contributed by atoms with Crippen LogP contribution in [0.4, 0.5) is 4.39 Å². The lowest BCUT2D eigenvalue weighted by molar-refractivity contribution is -0.0843. The van der Waals surface area contributed by atoms with Crippen LogP contribution >= 0.6 is 0 Å². The fraction of sp³-hybridized carbons (Fsp3) is 0.500. The van der Waals surface area contributed by atoms with Crippen molar-refractivity contribution in [3.05, 3.63) is 65.6 Å². The van der Waals surface area contributed by atoms with Gasteiger partial charge in [0.1, 0.15) is 5.82 Å². The molecule has 2 saturated heterocycles. The van der Waals surface area contributed by atoms with Gasteiger partial charge in [0.25, 0.3) is 5.91 Å². The maximum atomic E-state index is 13.5. The topological polar surface area (TPSA) is 59.4 Å². The number of fused-ring (bicyclic) bond motifs is 3. The molecule has 2 aromatic carbocycles. The molecule has 2 unspecified atom stereocenters. The zero-order valence-electron chi connectivity index (χ0n) is 20.0. The summed E-state index contributed by atoms with van der Waals surface area (Å²) in [6, 6.07) is 15.8. The summed E-state index contributed by atoms with van der Waals surface area (Å²) in [5.74, 6) is -0.288. The van der Waals surface area contributed by atoms with E-state index in [1.807, 2.05) is 30.3 Å². The number of hydrogen-bond donors (Lipinski definition) is 1. The molecule has 1 saturated carbocycles. The minimum atomic E-state index is -0.211. The molecule has 1 amide bonds. The number of carbonyl (C=O) groups excluding carboxylic acids is 1. The van der Waals surface area contributed by atoms with Crippen molar-refractivity contribution in [1.29, 1.82) is 0 Å². The van der Waals surface area contributed by atoms with Gasteiger partial charge in [0, 0.05) is 30.1 Å². The maximum absolute atomic E-state index is 13.5. The predicted octanol–water partition coefficient (Wildman–Crippen LogP) is 4.84. The fourth-order valence-corrected chi connectivity index (χ4v) is 6.28. The Morgan fingerprint density at radius 1 is 0.971 bits per heavy atom. The van der Waals surface area contributed by atoms with Crippen LogP contribution < -0.4 is 5.32 Å². The SMILES string of the molecule is O=C(NC1CC2COCC(C1)N2Cc1ccc(F)cc1)c1nn(C2CCCCC2)c2ccccc12. The average Bonchev–Trinajstić information content (AvgIpc) is 3.26. The number of aromatic nitrogens is 2. The van der Waals surface area contributed by atoms with Crippen LogP contribution in [-0.4, -0.2) is 51.9 Å². The Bertz CT molecular complexity index is 1170. The predicted molar refractivity (Wildman–Crippen MR) is 133 cm³/mol. The molecule has 6 nitrogen and oxygen atoms in total. The summed E-state index contributed by atoms with van der Waals surface area (Å²) in [5, 5.41) is 9.12. The van der Waals surface area contributed by atoms with Crippen LogP contribution in [0, 0.1) is 5.82 Å². The number of amides is 1. The summed E-state index contributed by atoms with van der Waals surface area (Å²) in [6.45, 7) is 2.09. The number of benzene rings is 2. The maximum Gasteiger partial charge on any atom is 0.272 e. The van der Waals surface area contributed by atoms with Crippen molar-refractivity contribution < 1.29 is 13.9 Å². The molecular weight excluding hydrogens is 443 g/mol. The van der Waals surface area contributed by atoms with E-state index in [1.54, 1.807) is 0 Å². The number of hydrogen-bond acceptors (Lipinski definition) is 4. The molecule has 2 aliphatic heterocycles. The number of nitrogens with one attached hydrogen (secondary N) is 1. The van der Waals surface area contributed by atoms with Gasteiger partial charge in [0.15, 0.2) is 5.69 Å². The van der Waals surface area contributed by atoms with Gasteiger partial charge in [-0.2, -0.15) is 5.10 Å². The van der Waals surface area contributed by atoms with Crippen molar-refractivity contribution in [3.63, 3.8) is 0 Å². The van der Waals surface area contributed by atoms with Crippen molar-refractivity contribution in [2.45, 2.75) is 75.7 Å². The Kier molecular flexibility index (Phi) is 6.29. The quantitative estimate of drug-likeness (QED) is 0.572. The fourth-order valence-electron chi connectivity index (χ4n) is 6.28. The first-order valence-electron chi connectivity index (χ1n) is 13.0. The van der Waals surface area contributed by atoms with Crippen molar-refractivity contribution in [2.75, 3.05) is 13.2 Å². The van der Waals surface area contributed by atoms with Gasteiger partial charge in [-0.25, -0.2) is 4.39 Å². The van der Waals surface area contributed by atoms with E-state index in [2.05, 4.69) is 21.0 Å². The van der Waals surface area contributed by atoms with Crippen LogP contribution in [0.1, 0.15) is 67.0 Å². The second-order valence-corrected chi connectivity index (χ2v) is 10.4. The normalized spacial score (nSPS) is 25.6. The summed E-state index contributed by atoms with van der Waals surface area (Å²) in [5.41, 5.74) is 2.70. The van der Waals surface area contributed by atoms with E-state index < -0.39 is 0 Å². The van der Waals surface area contributed by atoms with E-state index in [4.69, 9.17) is 9.84 Å². The number of rotatable bonds is 5. The Hall–Kier alpha value is -2.77. The van der Waals surface area contributed by atoms with Crippen molar-refractivity contribution in [2.24, 2.45) is 0 Å². The first kappa shape index (κ1) is 22.7. The molecule has 184 valence electrons. The summed E-state index contributed by atoms with van der Waals surface area (Å²) < 4.78 is 21.3. The van der Waals surface area contributed by atoms with Crippen LogP contribution in [0.5, 0.6) is 0 Å². The summed E-state index contributed by atoms with van der Waals surface area (Å²) in [7, 11) is 0.